The number of amides is 3. The molecule has 3 fully saturated rings. The molecule has 3 aliphatic heterocycles. The minimum atomic E-state index is -0.595. The quantitative estimate of drug-likeness (QED) is 0.429. The van der Waals surface area contributed by atoms with E-state index in [0.29, 0.717) is 31.5 Å². The number of hydrogen-bond acceptors (Lipinski definition) is 4. The van der Waals surface area contributed by atoms with Crippen LogP contribution in [0.4, 0.5) is 4.79 Å². The van der Waals surface area contributed by atoms with E-state index in [2.05, 4.69) is 70.7 Å². The van der Waals surface area contributed by atoms with Crippen molar-refractivity contribution in [1.82, 2.24) is 30.2 Å². The highest BCUT2D eigenvalue weighted by Crippen LogP contribution is 2.30. The molecule has 2 aromatic carbocycles. The summed E-state index contributed by atoms with van der Waals surface area (Å²) in [5.74, 6) is 0.513. The first-order chi connectivity index (χ1) is 20.5. The van der Waals surface area contributed by atoms with Gasteiger partial charge in [-0.1, -0.05) is 36.8 Å². The fourth-order valence-electron chi connectivity index (χ4n) is 7.50. The summed E-state index contributed by atoms with van der Waals surface area (Å²) < 4.78 is 0. The Balaban J connectivity index is 1.13. The van der Waals surface area contributed by atoms with Gasteiger partial charge in [0.1, 0.15) is 6.04 Å². The number of fused-ring (bicyclic) bond motifs is 1. The van der Waals surface area contributed by atoms with Gasteiger partial charge in [0.25, 0.3) is 0 Å². The Bertz CT molecular complexity index is 1380. The van der Waals surface area contributed by atoms with Gasteiger partial charge < -0.3 is 20.0 Å². The fraction of sp³-hybridized carbons (Fsp3) is 0.559. The van der Waals surface area contributed by atoms with Crippen molar-refractivity contribution in [2.75, 3.05) is 39.3 Å². The molecule has 3 aliphatic rings. The molecule has 42 heavy (non-hydrogen) atoms. The van der Waals surface area contributed by atoms with Crippen LogP contribution in [0.25, 0.3) is 10.9 Å². The molecule has 1 aromatic heterocycles. The highest BCUT2D eigenvalue weighted by molar-refractivity contribution is 5.88. The summed E-state index contributed by atoms with van der Waals surface area (Å²) in [6.07, 6.45) is 10.1. The summed E-state index contributed by atoms with van der Waals surface area (Å²) in [5, 5.41) is 11.5. The maximum absolute atomic E-state index is 14.0. The van der Waals surface area contributed by atoms with Crippen LogP contribution in [0.5, 0.6) is 0 Å². The van der Waals surface area contributed by atoms with Crippen LogP contribution in [0, 0.1) is 13.8 Å². The van der Waals surface area contributed by atoms with Crippen LogP contribution in [-0.4, -0.2) is 88.2 Å². The standard InChI is InChI=1S/C34H46N6O2/c1-24-8-4-5-9-30(24)27-10-16-40(17-11-27)34(42)36-31(22-26-20-25(2)32-28(21-26)23-35-37-32)33(41)39-18-12-29(13-19-39)38-14-6-3-7-15-38/h4-5,8-9,20-21,23,27,29,31H,3,6-7,10-19,22H2,1-2H3,(H,35,37)(H,36,42)/t31-/m1/s1. The summed E-state index contributed by atoms with van der Waals surface area (Å²) in [5.41, 5.74) is 5.87. The van der Waals surface area contributed by atoms with Crippen molar-refractivity contribution in [1.29, 1.82) is 0 Å². The molecular formula is C34H46N6O2. The minimum Gasteiger partial charge on any atom is -0.341 e. The third-order valence-corrected chi connectivity index (χ3v) is 9.94. The number of benzene rings is 2. The second-order valence-corrected chi connectivity index (χ2v) is 12.7. The van der Waals surface area contributed by atoms with E-state index in [1.165, 1.54) is 43.5 Å². The second-order valence-electron chi connectivity index (χ2n) is 12.7. The molecule has 8 nitrogen and oxygen atoms in total. The number of nitrogens with zero attached hydrogens (tertiary/aromatic N) is 4. The van der Waals surface area contributed by atoms with Gasteiger partial charge in [-0.2, -0.15) is 5.10 Å². The van der Waals surface area contributed by atoms with Crippen molar-refractivity contribution in [2.45, 2.75) is 83.2 Å². The smallest absolute Gasteiger partial charge is 0.318 e. The maximum atomic E-state index is 14.0. The molecule has 0 spiro atoms. The van der Waals surface area contributed by atoms with E-state index in [1.807, 2.05) is 16.0 Å². The molecule has 3 aromatic rings. The van der Waals surface area contributed by atoms with Crippen LogP contribution >= 0.6 is 0 Å². The minimum absolute atomic E-state index is 0.0418. The van der Waals surface area contributed by atoms with Gasteiger partial charge in [0.2, 0.25) is 5.91 Å². The van der Waals surface area contributed by atoms with Crippen LogP contribution in [0.1, 0.15) is 73.1 Å². The first-order valence-corrected chi connectivity index (χ1v) is 16.0. The molecule has 0 radical (unpaired) electrons. The molecule has 1 atom stereocenters. The van der Waals surface area contributed by atoms with Gasteiger partial charge in [0, 0.05) is 44.0 Å². The predicted molar refractivity (Wildman–Crippen MR) is 167 cm³/mol. The van der Waals surface area contributed by atoms with Crippen molar-refractivity contribution in [3.8, 4) is 0 Å². The monoisotopic (exact) mass is 570 g/mol. The van der Waals surface area contributed by atoms with Crippen LogP contribution in [0.3, 0.4) is 0 Å². The highest BCUT2D eigenvalue weighted by Gasteiger charge is 2.33. The zero-order valence-electron chi connectivity index (χ0n) is 25.3. The Hall–Kier alpha value is -3.39. The number of aromatic nitrogens is 2. The lowest BCUT2D eigenvalue weighted by Gasteiger charge is -2.41. The van der Waals surface area contributed by atoms with Crippen LogP contribution in [0.15, 0.2) is 42.6 Å². The Labute approximate surface area is 249 Å². The molecule has 0 aliphatic carbocycles. The molecule has 6 rings (SSSR count). The van der Waals surface area contributed by atoms with Crippen molar-refractivity contribution >= 4 is 22.8 Å². The fourth-order valence-corrected chi connectivity index (χ4v) is 7.50. The van der Waals surface area contributed by atoms with Crippen molar-refractivity contribution in [3.63, 3.8) is 0 Å². The molecule has 3 saturated heterocycles. The van der Waals surface area contributed by atoms with Crippen LogP contribution in [0.2, 0.25) is 0 Å². The normalized spacial score (nSPS) is 20.1. The van der Waals surface area contributed by atoms with E-state index in [-0.39, 0.29) is 11.9 Å². The van der Waals surface area contributed by atoms with Crippen molar-refractivity contribution in [3.05, 3.63) is 64.8 Å². The SMILES string of the molecule is Cc1ccccc1C1CCN(C(=O)N[C@H](Cc2cc(C)c3[nH]ncc3c2)C(=O)N2CCC(N3CCCCC3)CC2)CC1. The molecule has 0 bridgehead atoms. The average Bonchev–Trinajstić information content (AvgIpc) is 3.51. The number of aryl methyl sites for hydroxylation is 2. The van der Waals surface area contributed by atoms with Gasteiger partial charge in [0.15, 0.2) is 0 Å². The Morgan fingerprint density at radius 2 is 1.62 bits per heavy atom. The lowest BCUT2D eigenvalue weighted by Crippen LogP contribution is -2.56. The zero-order chi connectivity index (χ0) is 29.1. The van der Waals surface area contributed by atoms with Crippen molar-refractivity contribution in [2.24, 2.45) is 0 Å². The number of rotatable bonds is 6. The Morgan fingerprint density at radius 1 is 0.905 bits per heavy atom. The summed E-state index contributed by atoms with van der Waals surface area (Å²) in [6, 6.07) is 12.6. The van der Waals surface area contributed by atoms with Crippen LogP contribution in [-0.2, 0) is 11.2 Å². The number of carbonyl (C=O) groups excluding carboxylic acids is 2. The summed E-state index contributed by atoms with van der Waals surface area (Å²) in [6.45, 7) is 9.52. The second kappa shape index (κ2) is 12.9. The maximum Gasteiger partial charge on any atom is 0.318 e. The van der Waals surface area contributed by atoms with Crippen molar-refractivity contribution < 1.29 is 9.59 Å². The van der Waals surface area contributed by atoms with Gasteiger partial charge >= 0.3 is 6.03 Å². The number of nitrogens with one attached hydrogen (secondary N) is 2. The molecule has 8 heteroatoms. The molecule has 2 N–H and O–H groups in total. The number of likely N-dealkylation sites (tertiary alicyclic amines) is 3. The lowest BCUT2D eigenvalue weighted by atomic mass is 9.87. The topological polar surface area (TPSA) is 84.6 Å². The number of H-pyrrole nitrogens is 1. The van der Waals surface area contributed by atoms with E-state index in [9.17, 15) is 9.59 Å². The lowest BCUT2D eigenvalue weighted by molar-refractivity contribution is -0.134. The molecule has 0 unspecified atom stereocenters. The van der Waals surface area contributed by atoms with E-state index in [1.54, 1.807) is 0 Å². The third kappa shape index (κ3) is 6.33. The third-order valence-electron chi connectivity index (χ3n) is 9.94. The molecule has 224 valence electrons. The van der Waals surface area contributed by atoms with Gasteiger partial charge in [-0.05, 0) is 99.7 Å². The summed E-state index contributed by atoms with van der Waals surface area (Å²) >= 11 is 0. The summed E-state index contributed by atoms with van der Waals surface area (Å²) in [7, 11) is 0. The van der Waals surface area contributed by atoms with Gasteiger partial charge in [-0.3, -0.25) is 9.89 Å². The number of aromatic amines is 1. The number of piperidine rings is 3. The molecular weight excluding hydrogens is 524 g/mol. The number of hydrogen-bond donors (Lipinski definition) is 2. The van der Waals surface area contributed by atoms with E-state index < -0.39 is 6.04 Å². The van der Waals surface area contributed by atoms with Crippen LogP contribution < -0.4 is 5.32 Å². The van der Waals surface area contributed by atoms with E-state index in [0.717, 1.165) is 60.8 Å². The number of carbonyl (C=O) groups is 2. The molecule has 4 heterocycles. The molecule has 0 saturated carbocycles. The van der Waals surface area contributed by atoms with Gasteiger partial charge in [-0.25, -0.2) is 4.79 Å². The number of urea groups is 1. The zero-order valence-corrected chi connectivity index (χ0v) is 25.3. The Morgan fingerprint density at radius 3 is 2.36 bits per heavy atom. The largest absolute Gasteiger partial charge is 0.341 e. The average molecular weight is 571 g/mol. The molecule has 3 amide bonds. The van der Waals surface area contributed by atoms with Gasteiger partial charge in [-0.15, -0.1) is 0 Å². The van der Waals surface area contributed by atoms with E-state index in [4.69, 9.17) is 0 Å². The first-order valence-electron chi connectivity index (χ1n) is 16.0. The predicted octanol–water partition coefficient (Wildman–Crippen LogP) is 5.16. The highest BCUT2D eigenvalue weighted by atomic mass is 16.2. The first kappa shape index (κ1) is 28.7. The summed E-state index contributed by atoms with van der Waals surface area (Å²) in [4.78, 5) is 34.2. The van der Waals surface area contributed by atoms with E-state index >= 15 is 0 Å². The van der Waals surface area contributed by atoms with Gasteiger partial charge in [0.05, 0.1) is 11.7 Å². The Kier molecular flexibility index (Phi) is 8.79.